The van der Waals surface area contributed by atoms with Crippen LogP contribution in [-0.2, 0) is 6.42 Å². The standard InChI is InChI=1S/C17H21N3O/c1-12(2)21-16-6-4-10-19-17(16)20-14-7-8-15-13(11-14)5-3-9-18-15/h4,6-8,10-12,18H,3,5,9H2,1-2H3,(H,19,20). The lowest BCUT2D eigenvalue weighted by molar-refractivity contribution is 0.243. The van der Waals surface area contributed by atoms with Crippen molar-refractivity contribution >= 4 is 17.2 Å². The fourth-order valence-corrected chi connectivity index (χ4v) is 2.52. The lowest BCUT2D eigenvalue weighted by atomic mass is 10.0. The molecule has 0 amide bonds. The Morgan fingerprint density at radius 2 is 2.19 bits per heavy atom. The molecule has 0 unspecified atom stereocenters. The Morgan fingerprint density at radius 3 is 3.05 bits per heavy atom. The van der Waals surface area contributed by atoms with E-state index in [0.29, 0.717) is 0 Å². The molecule has 0 saturated carbocycles. The van der Waals surface area contributed by atoms with E-state index in [0.717, 1.165) is 30.2 Å². The third-order valence-electron chi connectivity index (χ3n) is 3.44. The fourth-order valence-electron chi connectivity index (χ4n) is 2.52. The number of nitrogens with one attached hydrogen (secondary N) is 2. The molecule has 0 aliphatic carbocycles. The van der Waals surface area contributed by atoms with E-state index in [1.54, 1.807) is 6.20 Å². The number of anilines is 3. The predicted molar refractivity (Wildman–Crippen MR) is 86.5 cm³/mol. The molecule has 2 heterocycles. The topological polar surface area (TPSA) is 46.2 Å². The van der Waals surface area contributed by atoms with Crippen LogP contribution in [0.3, 0.4) is 0 Å². The van der Waals surface area contributed by atoms with Gasteiger partial charge in [-0.05, 0) is 62.6 Å². The number of benzene rings is 1. The molecule has 3 rings (SSSR count). The van der Waals surface area contributed by atoms with E-state index in [4.69, 9.17) is 4.74 Å². The average molecular weight is 283 g/mol. The molecule has 0 bridgehead atoms. The molecule has 0 fully saturated rings. The van der Waals surface area contributed by atoms with E-state index in [1.165, 1.54) is 17.7 Å². The molecule has 21 heavy (non-hydrogen) atoms. The van der Waals surface area contributed by atoms with E-state index in [2.05, 4.69) is 33.8 Å². The summed E-state index contributed by atoms with van der Waals surface area (Å²) in [5, 5.41) is 6.79. The minimum absolute atomic E-state index is 0.127. The van der Waals surface area contributed by atoms with Gasteiger partial charge in [0, 0.05) is 24.1 Å². The van der Waals surface area contributed by atoms with Crippen molar-refractivity contribution in [1.29, 1.82) is 0 Å². The van der Waals surface area contributed by atoms with E-state index in [9.17, 15) is 0 Å². The summed E-state index contributed by atoms with van der Waals surface area (Å²) in [6.07, 6.45) is 4.20. The second kappa shape index (κ2) is 6.04. The zero-order chi connectivity index (χ0) is 14.7. The van der Waals surface area contributed by atoms with Crippen LogP contribution in [0.4, 0.5) is 17.2 Å². The summed E-state index contributed by atoms with van der Waals surface area (Å²) in [6, 6.07) is 10.2. The van der Waals surface area contributed by atoms with Gasteiger partial charge in [0.2, 0.25) is 0 Å². The van der Waals surface area contributed by atoms with Crippen molar-refractivity contribution in [2.45, 2.75) is 32.8 Å². The van der Waals surface area contributed by atoms with Crippen LogP contribution in [0.15, 0.2) is 36.5 Å². The van der Waals surface area contributed by atoms with Crippen molar-refractivity contribution in [3.8, 4) is 5.75 Å². The fraction of sp³-hybridized carbons (Fsp3) is 0.353. The Labute approximate surface area is 125 Å². The quantitative estimate of drug-likeness (QED) is 0.891. The van der Waals surface area contributed by atoms with Gasteiger partial charge in [0.05, 0.1) is 6.10 Å². The zero-order valence-corrected chi connectivity index (χ0v) is 12.5. The molecular weight excluding hydrogens is 262 g/mol. The van der Waals surface area contributed by atoms with Crippen molar-refractivity contribution in [2.24, 2.45) is 0 Å². The van der Waals surface area contributed by atoms with Crippen LogP contribution in [0.1, 0.15) is 25.8 Å². The molecule has 0 atom stereocenters. The SMILES string of the molecule is CC(C)Oc1cccnc1Nc1ccc2c(c1)CCCN2. The van der Waals surface area contributed by atoms with Gasteiger partial charge < -0.3 is 15.4 Å². The Balaban J connectivity index is 1.83. The van der Waals surface area contributed by atoms with Crippen LogP contribution in [0.25, 0.3) is 0 Å². The van der Waals surface area contributed by atoms with Crippen molar-refractivity contribution < 1.29 is 4.74 Å². The van der Waals surface area contributed by atoms with E-state index in [1.807, 2.05) is 26.0 Å². The van der Waals surface area contributed by atoms with Gasteiger partial charge in [0.15, 0.2) is 11.6 Å². The minimum atomic E-state index is 0.127. The van der Waals surface area contributed by atoms with Gasteiger partial charge in [-0.2, -0.15) is 0 Å². The predicted octanol–water partition coefficient (Wildman–Crippen LogP) is 3.97. The van der Waals surface area contributed by atoms with Crippen molar-refractivity contribution in [3.63, 3.8) is 0 Å². The first-order valence-corrected chi connectivity index (χ1v) is 7.48. The van der Waals surface area contributed by atoms with Crippen LogP contribution in [0, 0.1) is 0 Å². The molecule has 2 N–H and O–H groups in total. The van der Waals surface area contributed by atoms with Crippen molar-refractivity contribution in [3.05, 3.63) is 42.1 Å². The lowest BCUT2D eigenvalue weighted by Crippen LogP contribution is -2.12. The number of rotatable bonds is 4. The Kier molecular flexibility index (Phi) is 3.95. The highest BCUT2D eigenvalue weighted by Crippen LogP contribution is 2.29. The maximum atomic E-state index is 5.79. The smallest absolute Gasteiger partial charge is 0.173 e. The second-order valence-electron chi connectivity index (χ2n) is 5.54. The van der Waals surface area contributed by atoms with Gasteiger partial charge in [0.1, 0.15) is 0 Å². The van der Waals surface area contributed by atoms with Gasteiger partial charge >= 0.3 is 0 Å². The summed E-state index contributed by atoms with van der Waals surface area (Å²) in [7, 11) is 0. The minimum Gasteiger partial charge on any atom is -0.487 e. The van der Waals surface area contributed by atoms with Gasteiger partial charge in [0.25, 0.3) is 0 Å². The number of hydrogen-bond donors (Lipinski definition) is 2. The summed E-state index contributed by atoms with van der Waals surface area (Å²) in [4.78, 5) is 4.39. The van der Waals surface area contributed by atoms with Crippen LogP contribution < -0.4 is 15.4 Å². The summed E-state index contributed by atoms with van der Waals surface area (Å²) >= 11 is 0. The van der Waals surface area contributed by atoms with Crippen molar-refractivity contribution in [2.75, 3.05) is 17.2 Å². The highest BCUT2D eigenvalue weighted by Gasteiger charge is 2.11. The highest BCUT2D eigenvalue weighted by molar-refractivity contribution is 5.67. The van der Waals surface area contributed by atoms with Gasteiger partial charge in [-0.1, -0.05) is 0 Å². The van der Waals surface area contributed by atoms with E-state index in [-0.39, 0.29) is 6.10 Å². The van der Waals surface area contributed by atoms with Crippen LogP contribution in [-0.4, -0.2) is 17.6 Å². The zero-order valence-electron chi connectivity index (χ0n) is 12.5. The largest absolute Gasteiger partial charge is 0.487 e. The number of ether oxygens (including phenoxy) is 1. The molecule has 0 saturated heterocycles. The van der Waals surface area contributed by atoms with Crippen LogP contribution in [0.2, 0.25) is 0 Å². The summed E-state index contributed by atoms with van der Waals surface area (Å²) in [6.45, 7) is 5.09. The molecule has 0 radical (unpaired) electrons. The van der Waals surface area contributed by atoms with E-state index >= 15 is 0 Å². The number of fused-ring (bicyclic) bond motifs is 1. The first-order valence-electron chi connectivity index (χ1n) is 7.48. The van der Waals surface area contributed by atoms with Crippen molar-refractivity contribution in [1.82, 2.24) is 4.98 Å². The molecule has 1 aliphatic heterocycles. The number of nitrogens with zero attached hydrogens (tertiary/aromatic N) is 1. The Hall–Kier alpha value is -2.23. The first-order chi connectivity index (χ1) is 10.2. The lowest BCUT2D eigenvalue weighted by Gasteiger charge is -2.19. The third kappa shape index (κ3) is 3.27. The molecule has 1 aromatic carbocycles. The van der Waals surface area contributed by atoms with Crippen LogP contribution in [0.5, 0.6) is 5.75 Å². The molecule has 4 heteroatoms. The molecule has 1 aliphatic rings. The van der Waals surface area contributed by atoms with Gasteiger partial charge in [-0.15, -0.1) is 0 Å². The third-order valence-corrected chi connectivity index (χ3v) is 3.44. The van der Waals surface area contributed by atoms with Gasteiger partial charge in [-0.3, -0.25) is 0 Å². The average Bonchev–Trinajstić information content (AvgIpc) is 2.49. The number of aromatic nitrogens is 1. The normalized spacial score (nSPS) is 13.5. The summed E-state index contributed by atoms with van der Waals surface area (Å²) < 4.78 is 5.79. The Morgan fingerprint density at radius 1 is 1.29 bits per heavy atom. The molecular formula is C17H21N3O. The molecule has 0 spiro atoms. The number of aryl methyl sites for hydroxylation is 1. The maximum absolute atomic E-state index is 5.79. The molecule has 110 valence electrons. The van der Waals surface area contributed by atoms with E-state index < -0.39 is 0 Å². The highest BCUT2D eigenvalue weighted by atomic mass is 16.5. The number of hydrogen-bond acceptors (Lipinski definition) is 4. The molecule has 2 aromatic rings. The Bertz CT molecular complexity index is 625. The summed E-state index contributed by atoms with van der Waals surface area (Å²) in [5.74, 6) is 1.54. The molecule has 4 nitrogen and oxygen atoms in total. The summed E-state index contributed by atoms with van der Waals surface area (Å²) in [5.41, 5.74) is 3.64. The maximum Gasteiger partial charge on any atom is 0.173 e. The van der Waals surface area contributed by atoms with Gasteiger partial charge in [-0.25, -0.2) is 4.98 Å². The molecule has 1 aromatic heterocycles. The number of pyridine rings is 1. The van der Waals surface area contributed by atoms with Crippen LogP contribution >= 0.6 is 0 Å². The first kappa shape index (κ1) is 13.7. The second-order valence-corrected chi connectivity index (χ2v) is 5.54. The monoisotopic (exact) mass is 283 g/mol.